The summed E-state index contributed by atoms with van der Waals surface area (Å²) in [7, 11) is 4.90. The number of anilines is 1. The number of carbonyl (C=O) groups is 1. The van der Waals surface area contributed by atoms with Crippen molar-refractivity contribution in [3.05, 3.63) is 0 Å². The highest BCUT2D eigenvalue weighted by atomic mass is 16.5. The summed E-state index contributed by atoms with van der Waals surface area (Å²) in [6, 6.07) is 0.740. The molecular weight excluding hydrogens is 340 g/mol. The molecule has 144 valence electrons. The first-order valence-corrected chi connectivity index (χ1v) is 8.81. The maximum absolute atomic E-state index is 12.6. The van der Waals surface area contributed by atoms with Crippen molar-refractivity contribution in [2.45, 2.75) is 18.9 Å². The minimum absolute atomic E-state index is 0.0789. The van der Waals surface area contributed by atoms with Gasteiger partial charge in [0.15, 0.2) is 0 Å². The predicted octanol–water partition coefficient (Wildman–Crippen LogP) is 0.242. The van der Waals surface area contributed by atoms with Gasteiger partial charge in [0.2, 0.25) is 5.95 Å². The van der Waals surface area contributed by atoms with Crippen molar-refractivity contribution in [1.82, 2.24) is 24.8 Å². The third-order valence-electron chi connectivity index (χ3n) is 4.83. The van der Waals surface area contributed by atoms with Crippen LogP contribution in [0, 0.1) is 0 Å². The van der Waals surface area contributed by atoms with Crippen molar-refractivity contribution in [2.75, 3.05) is 65.6 Å². The first-order valence-electron chi connectivity index (χ1n) is 8.81. The van der Waals surface area contributed by atoms with Crippen molar-refractivity contribution in [3.63, 3.8) is 0 Å². The number of morpholine rings is 1. The van der Waals surface area contributed by atoms with Crippen LogP contribution in [0.25, 0.3) is 0 Å². The first kappa shape index (κ1) is 18.4. The molecule has 10 nitrogen and oxygen atoms in total. The Morgan fingerprint density at radius 2 is 1.62 bits per heavy atom. The van der Waals surface area contributed by atoms with E-state index in [1.165, 1.54) is 14.2 Å². The molecule has 10 heteroatoms. The van der Waals surface area contributed by atoms with Gasteiger partial charge in [-0.3, -0.25) is 0 Å². The van der Waals surface area contributed by atoms with E-state index in [1.54, 1.807) is 0 Å². The molecule has 2 aliphatic heterocycles. The molecule has 0 aliphatic carbocycles. The van der Waals surface area contributed by atoms with E-state index in [9.17, 15) is 4.79 Å². The van der Waals surface area contributed by atoms with Gasteiger partial charge in [-0.2, -0.15) is 9.97 Å². The van der Waals surface area contributed by atoms with Crippen molar-refractivity contribution in [3.8, 4) is 12.0 Å². The Bertz CT molecular complexity index is 595. The molecule has 3 heterocycles. The second kappa shape index (κ2) is 8.35. The topological polar surface area (TPSA) is 93.2 Å². The summed E-state index contributed by atoms with van der Waals surface area (Å²) in [5, 5.41) is 0. The van der Waals surface area contributed by atoms with Gasteiger partial charge in [-0.1, -0.05) is 0 Å². The van der Waals surface area contributed by atoms with Crippen LogP contribution in [-0.2, 0) is 4.74 Å². The Labute approximate surface area is 153 Å². The number of carbonyl (C=O) groups excluding carboxylic acids is 1. The van der Waals surface area contributed by atoms with Crippen LogP contribution >= 0.6 is 0 Å². The molecule has 2 fully saturated rings. The molecule has 2 amide bonds. The van der Waals surface area contributed by atoms with Crippen molar-refractivity contribution >= 4 is 12.0 Å². The van der Waals surface area contributed by atoms with E-state index in [0.29, 0.717) is 32.3 Å². The van der Waals surface area contributed by atoms with Crippen LogP contribution in [0.2, 0.25) is 0 Å². The van der Waals surface area contributed by atoms with Gasteiger partial charge < -0.3 is 28.9 Å². The second-order valence-corrected chi connectivity index (χ2v) is 6.32. The molecule has 0 bridgehead atoms. The summed E-state index contributed by atoms with van der Waals surface area (Å²) < 4.78 is 15.5. The predicted molar refractivity (Wildman–Crippen MR) is 93.7 cm³/mol. The van der Waals surface area contributed by atoms with Crippen LogP contribution in [0.1, 0.15) is 12.8 Å². The van der Waals surface area contributed by atoms with Crippen LogP contribution in [0.15, 0.2) is 0 Å². The lowest BCUT2D eigenvalue weighted by molar-refractivity contribution is 0.0409. The monoisotopic (exact) mass is 366 g/mol. The number of methoxy groups -OCH3 is 2. The fourth-order valence-corrected chi connectivity index (χ4v) is 3.24. The summed E-state index contributed by atoms with van der Waals surface area (Å²) in [5.41, 5.74) is 0. The number of hydrogen-bond donors (Lipinski definition) is 0. The van der Waals surface area contributed by atoms with Crippen LogP contribution in [-0.4, -0.2) is 97.5 Å². The minimum Gasteiger partial charge on any atom is -0.467 e. The van der Waals surface area contributed by atoms with Crippen LogP contribution in [0.3, 0.4) is 0 Å². The molecule has 0 unspecified atom stereocenters. The van der Waals surface area contributed by atoms with E-state index in [0.717, 1.165) is 25.9 Å². The summed E-state index contributed by atoms with van der Waals surface area (Å²) in [6.07, 6.45) is 1.70. The zero-order valence-electron chi connectivity index (χ0n) is 15.6. The van der Waals surface area contributed by atoms with Gasteiger partial charge in [0.1, 0.15) is 0 Å². The smallest absolute Gasteiger partial charge is 0.324 e. The third-order valence-corrected chi connectivity index (χ3v) is 4.83. The number of nitrogens with zero attached hydrogens (tertiary/aromatic N) is 6. The SMILES string of the molecule is COc1nc(OC)nc(N2CCC(N(C)C(=O)N3CCOCC3)CC2)n1. The van der Waals surface area contributed by atoms with Crippen LogP contribution in [0.4, 0.5) is 10.7 Å². The van der Waals surface area contributed by atoms with E-state index in [4.69, 9.17) is 14.2 Å². The molecule has 0 atom stereocenters. The maximum Gasteiger partial charge on any atom is 0.324 e. The summed E-state index contributed by atoms with van der Waals surface area (Å²) in [6.45, 7) is 4.05. The highest BCUT2D eigenvalue weighted by Gasteiger charge is 2.30. The number of ether oxygens (including phenoxy) is 3. The largest absolute Gasteiger partial charge is 0.467 e. The molecule has 0 radical (unpaired) electrons. The van der Waals surface area contributed by atoms with Crippen molar-refractivity contribution < 1.29 is 19.0 Å². The number of hydrogen-bond acceptors (Lipinski definition) is 8. The van der Waals surface area contributed by atoms with E-state index >= 15 is 0 Å². The lowest BCUT2D eigenvalue weighted by Gasteiger charge is -2.39. The molecule has 0 N–H and O–H groups in total. The molecule has 0 spiro atoms. The average molecular weight is 366 g/mol. The molecule has 3 rings (SSSR count). The molecule has 1 aromatic heterocycles. The Balaban J connectivity index is 1.59. The molecule has 2 aliphatic rings. The highest BCUT2D eigenvalue weighted by molar-refractivity contribution is 5.74. The lowest BCUT2D eigenvalue weighted by atomic mass is 10.0. The molecule has 1 aromatic rings. The van der Waals surface area contributed by atoms with E-state index in [2.05, 4.69) is 19.9 Å². The zero-order chi connectivity index (χ0) is 18.5. The average Bonchev–Trinajstić information content (AvgIpc) is 2.73. The fourth-order valence-electron chi connectivity index (χ4n) is 3.24. The number of amides is 2. The molecule has 2 saturated heterocycles. The number of aromatic nitrogens is 3. The van der Waals surface area contributed by atoms with E-state index in [-0.39, 0.29) is 24.1 Å². The molecular formula is C16H26N6O4. The standard InChI is InChI=1S/C16H26N6O4/c1-20(16(23)22-8-10-26-11-9-22)12-4-6-21(7-5-12)13-17-14(24-2)19-15(18-13)25-3/h12H,4-11H2,1-3H3. The number of rotatable bonds is 4. The zero-order valence-corrected chi connectivity index (χ0v) is 15.6. The summed E-state index contributed by atoms with van der Waals surface area (Å²) in [5.74, 6) is 0.536. The van der Waals surface area contributed by atoms with Gasteiger partial charge in [0, 0.05) is 39.3 Å². The van der Waals surface area contributed by atoms with Gasteiger partial charge in [-0.05, 0) is 12.8 Å². The molecule has 26 heavy (non-hydrogen) atoms. The van der Waals surface area contributed by atoms with Crippen molar-refractivity contribution in [1.29, 1.82) is 0 Å². The van der Waals surface area contributed by atoms with E-state index < -0.39 is 0 Å². The van der Waals surface area contributed by atoms with Gasteiger partial charge in [-0.15, -0.1) is 4.98 Å². The van der Waals surface area contributed by atoms with Gasteiger partial charge in [0.05, 0.1) is 27.4 Å². The Kier molecular flexibility index (Phi) is 5.92. The molecule has 0 saturated carbocycles. The minimum atomic E-state index is 0.0789. The van der Waals surface area contributed by atoms with Gasteiger partial charge in [0.25, 0.3) is 0 Å². The maximum atomic E-state index is 12.6. The Hall–Kier alpha value is -2.36. The van der Waals surface area contributed by atoms with Crippen molar-refractivity contribution in [2.24, 2.45) is 0 Å². The van der Waals surface area contributed by atoms with Gasteiger partial charge in [-0.25, -0.2) is 4.79 Å². The summed E-state index contributed by atoms with van der Waals surface area (Å²) >= 11 is 0. The fraction of sp³-hybridized carbons (Fsp3) is 0.750. The van der Waals surface area contributed by atoms with E-state index in [1.807, 2.05) is 16.8 Å². The molecule has 0 aromatic carbocycles. The first-order chi connectivity index (χ1) is 12.6. The van der Waals surface area contributed by atoms with Crippen LogP contribution < -0.4 is 14.4 Å². The highest BCUT2D eigenvalue weighted by Crippen LogP contribution is 2.22. The quantitative estimate of drug-likeness (QED) is 0.748. The number of urea groups is 1. The second-order valence-electron chi connectivity index (χ2n) is 6.32. The normalized spacial score (nSPS) is 18.6. The Morgan fingerprint density at radius 1 is 1.04 bits per heavy atom. The summed E-state index contributed by atoms with van der Waals surface area (Å²) in [4.78, 5) is 31.0. The van der Waals surface area contributed by atoms with Crippen LogP contribution in [0.5, 0.6) is 12.0 Å². The lowest BCUT2D eigenvalue weighted by Crippen LogP contribution is -2.52. The number of piperidine rings is 1. The van der Waals surface area contributed by atoms with Gasteiger partial charge >= 0.3 is 18.1 Å². The Morgan fingerprint density at radius 3 is 2.15 bits per heavy atom. The third kappa shape index (κ3) is 4.06.